The molecule has 2 rings (SSSR count). The molecule has 1 heterocycles. The van der Waals surface area contributed by atoms with Crippen molar-refractivity contribution >= 4 is 21.6 Å². The summed E-state index contributed by atoms with van der Waals surface area (Å²) in [5.41, 5.74) is 0.989. The van der Waals surface area contributed by atoms with E-state index in [0.717, 1.165) is 18.4 Å². The summed E-state index contributed by atoms with van der Waals surface area (Å²) in [6, 6.07) is 5.68. The third-order valence-corrected chi connectivity index (χ3v) is 6.48. The molecule has 0 bridgehead atoms. The summed E-state index contributed by atoms with van der Waals surface area (Å²) in [5.74, 6) is 0.270. The second kappa shape index (κ2) is 6.65. The van der Waals surface area contributed by atoms with Gasteiger partial charge >= 0.3 is 0 Å². The van der Waals surface area contributed by atoms with Gasteiger partial charge in [0.15, 0.2) is 0 Å². The summed E-state index contributed by atoms with van der Waals surface area (Å²) >= 11 is 6.14. The fraction of sp³-hybridized carbons (Fsp3) is 0.600. The summed E-state index contributed by atoms with van der Waals surface area (Å²) in [5, 5.41) is 3.50. The average Bonchev–Trinajstić information content (AvgIpc) is 2.47. The summed E-state index contributed by atoms with van der Waals surface area (Å²) in [7, 11) is -1.59. The van der Waals surface area contributed by atoms with Crippen LogP contribution in [0.15, 0.2) is 23.1 Å². The van der Waals surface area contributed by atoms with Crippen LogP contribution in [0.5, 0.6) is 0 Å². The second-order valence-electron chi connectivity index (χ2n) is 5.81. The lowest BCUT2D eigenvalue weighted by atomic mass is 10.0. The fourth-order valence-corrected chi connectivity index (χ4v) is 4.58. The summed E-state index contributed by atoms with van der Waals surface area (Å²) in [6.07, 6.45) is 1.66. The number of piperidine rings is 1. The first-order valence-electron chi connectivity index (χ1n) is 7.33. The third kappa shape index (κ3) is 3.59. The molecule has 4 nitrogen and oxygen atoms in total. The molecule has 1 aliphatic heterocycles. The first-order chi connectivity index (χ1) is 9.86. The largest absolute Gasteiger partial charge is 0.317 e. The van der Waals surface area contributed by atoms with Gasteiger partial charge in [-0.25, -0.2) is 8.42 Å². The molecule has 1 aliphatic rings. The lowest BCUT2D eigenvalue weighted by Gasteiger charge is -2.31. The highest BCUT2D eigenvalue weighted by atomic mass is 35.5. The average molecular weight is 331 g/mol. The highest BCUT2D eigenvalue weighted by Gasteiger charge is 2.30. The molecule has 0 amide bonds. The standard InChI is InChI=1S/C15H23ClN2O2S/c1-11(2)12-4-5-14(16)15(10-12)21(19,20)18-8-6-13(17-3)7-9-18/h4-5,10-11,13,17H,6-9H2,1-3H3. The molecule has 21 heavy (non-hydrogen) atoms. The number of rotatable bonds is 4. The molecule has 0 spiro atoms. The first-order valence-corrected chi connectivity index (χ1v) is 9.15. The zero-order valence-electron chi connectivity index (χ0n) is 12.8. The Morgan fingerprint density at radius 1 is 1.29 bits per heavy atom. The Kier molecular flexibility index (Phi) is 5.30. The number of halogens is 1. The molecule has 6 heteroatoms. The van der Waals surface area contributed by atoms with Crippen molar-refractivity contribution in [1.29, 1.82) is 0 Å². The van der Waals surface area contributed by atoms with E-state index < -0.39 is 10.0 Å². The van der Waals surface area contributed by atoms with E-state index in [1.165, 1.54) is 0 Å². The first kappa shape index (κ1) is 16.7. The van der Waals surface area contributed by atoms with Crippen LogP contribution in [0.2, 0.25) is 5.02 Å². The molecule has 118 valence electrons. The lowest BCUT2D eigenvalue weighted by molar-refractivity contribution is 0.298. The van der Waals surface area contributed by atoms with Crippen LogP contribution in [0.4, 0.5) is 0 Å². The van der Waals surface area contributed by atoms with E-state index in [9.17, 15) is 8.42 Å². The number of nitrogens with zero attached hydrogens (tertiary/aromatic N) is 1. The van der Waals surface area contributed by atoms with Crippen molar-refractivity contribution in [1.82, 2.24) is 9.62 Å². The minimum absolute atomic E-state index is 0.235. The Bertz CT molecular complexity index is 594. The SMILES string of the molecule is CNC1CCN(S(=O)(=O)c2cc(C(C)C)ccc2Cl)CC1. The molecule has 1 fully saturated rings. The summed E-state index contributed by atoms with van der Waals surface area (Å²) < 4.78 is 27.1. The number of hydrogen-bond donors (Lipinski definition) is 1. The molecular weight excluding hydrogens is 308 g/mol. The number of hydrogen-bond acceptors (Lipinski definition) is 3. The normalized spacial score (nSPS) is 18.3. The number of nitrogens with one attached hydrogen (secondary N) is 1. The smallest absolute Gasteiger partial charge is 0.244 e. The summed E-state index contributed by atoms with van der Waals surface area (Å²) in [6.45, 7) is 5.16. The van der Waals surface area contributed by atoms with Gasteiger partial charge in [-0.3, -0.25) is 0 Å². The van der Waals surface area contributed by atoms with Crippen molar-refractivity contribution in [2.24, 2.45) is 0 Å². The van der Waals surface area contributed by atoms with Gasteiger partial charge in [0.25, 0.3) is 0 Å². The van der Waals surface area contributed by atoms with Crippen LogP contribution in [0.3, 0.4) is 0 Å². The molecular formula is C15H23ClN2O2S. The molecule has 1 aromatic rings. The van der Waals surface area contributed by atoms with Gasteiger partial charge in [0.05, 0.1) is 5.02 Å². The lowest BCUT2D eigenvalue weighted by Crippen LogP contribution is -2.43. The van der Waals surface area contributed by atoms with Crippen molar-refractivity contribution < 1.29 is 8.42 Å². The minimum atomic E-state index is -3.51. The van der Waals surface area contributed by atoms with Crippen molar-refractivity contribution in [2.45, 2.75) is 43.5 Å². The Morgan fingerprint density at radius 3 is 2.43 bits per heavy atom. The predicted octanol–water partition coefficient (Wildman–Crippen LogP) is 2.84. The van der Waals surface area contributed by atoms with Crippen molar-refractivity contribution in [3.63, 3.8) is 0 Å². The van der Waals surface area contributed by atoms with Gasteiger partial charge in [-0.1, -0.05) is 31.5 Å². The van der Waals surface area contributed by atoms with Gasteiger partial charge in [-0.05, 0) is 43.5 Å². The predicted molar refractivity (Wildman–Crippen MR) is 86.4 cm³/mol. The van der Waals surface area contributed by atoms with Crippen molar-refractivity contribution in [2.75, 3.05) is 20.1 Å². The highest BCUT2D eigenvalue weighted by Crippen LogP contribution is 2.29. The Labute approximate surface area is 132 Å². The van der Waals surface area contributed by atoms with E-state index in [1.54, 1.807) is 16.4 Å². The van der Waals surface area contributed by atoms with E-state index in [0.29, 0.717) is 24.2 Å². The van der Waals surface area contributed by atoms with E-state index in [-0.39, 0.29) is 10.8 Å². The van der Waals surface area contributed by atoms with Crippen LogP contribution in [-0.2, 0) is 10.0 Å². The highest BCUT2D eigenvalue weighted by molar-refractivity contribution is 7.89. The molecule has 1 aromatic carbocycles. The van der Waals surface area contributed by atoms with Crippen molar-refractivity contribution in [3.8, 4) is 0 Å². The monoisotopic (exact) mass is 330 g/mol. The Morgan fingerprint density at radius 2 is 1.90 bits per heavy atom. The number of sulfonamides is 1. The van der Waals surface area contributed by atoms with Gasteiger partial charge < -0.3 is 5.32 Å². The van der Waals surface area contributed by atoms with Crippen LogP contribution in [0.1, 0.15) is 38.2 Å². The number of benzene rings is 1. The van der Waals surface area contributed by atoms with E-state index >= 15 is 0 Å². The van der Waals surface area contributed by atoms with Gasteiger partial charge in [-0.2, -0.15) is 4.31 Å². The van der Waals surface area contributed by atoms with Crippen molar-refractivity contribution in [3.05, 3.63) is 28.8 Å². The van der Waals surface area contributed by atoms with Crippen LogP contribution < -0.4 is 5.32 Å². The van der Waals surface area contributed by atoms with Gasteiger partial charge in [0.1, 0.15) is 4.90 Å². The molecule has 0 aromatic heterocycles. The van der Waals surface area contributed by atoms with Crippen LogP contribution in [-0.4, -0.2) is 38.9 Å². The van der Waals surface area contributed by atoms with E-state index in [2.05, 4.69) is 5.32 Å². The second-order valence-corrected chi connectivity index (χ2v) is 8.13. The van der Waals surface area contributed by atoms with Crippen LogP contribution in [0, 0.1) is 0 Å². The van der Waals surface area contributed by atoms with E-state index in [4.69, 9.17) is 11.6 Å². The zero-order chi connectivity index (χ0) is 15.6. The van der Waals surface area contributed by atoms with E-state index in [1.807, 2.05) is 27.0 Å². The molecule has 0 unspecified atom stereocenters. The maximum absolute atomic E-state index is 12.8. The van der Waals surface area contributed by atoms with Gasteiger partial charge in [0.2, 0.25) is 10.0 Å². The topological polar surface area (TPSA) is 49.4 Å². The van der Waals surface area contributed by atoms with Crippen LogP contribution >= 0.6 is 11.6 Å². The minimum Gasteiger partial charge on any atom is -0.317 e. The van der Waals surface area contributed by atoms with Crippen LogP contribution in [0.25, 0.3) is 0 Å². The maximum atomic E-state index is 12.8. The quantitative estimate of drug-likeness (QED) is 0.923. The van der Waals surface area contributed by atoms with Gasteiger partial charge in [0, 0.05) is 19.1 Å². The Balaban J connectivity index is 2.29. The molecule has 0 aliphatic carbocycles. The molecule has 1 saturated heterocycles. The summed E-state index contributed by atoms with van der Waals surface area (Å²) in [4.78, 5) is 0.235. The molecule has 0 saturated carbocycles. The third-order valence-electron chi connectivity index (χ3n) is 4.10. The molecule has 0 radical (unpaired) electrons. The molecule has 0 atom stereocenters. The zero-order valence-corrected chi connectivity index (χ0v) is 14.3. The van der Waals surface area contributed by atoms with Gasteiger partial charge in [-0.15, -0.1) is 0 Å². The maximum Gasteiger partial charge on any atom is 0.244 e. The molecule has 1 N–H and O–H groups in total. The Hall–Kier alpha value is -0.620. The fourth-order valence-electron chi connectivity index (χ4n) is 2.60.